The second-order valence-corrected chi connectivity index (χ2v) is 5.13. The van der Waals surface area contributed by atoms with Crippen molar-refractivity contribution in [1.82, 2.24) is 5.32 Å². The van der Waals surface area contributed by atoms with Crippen molar-refractivity contribution in [1.29, 1.82) is 0 Å². The van der Waals surface area contributed by atoms with Crippen LogP contribution in [0.2, 0.25) is 0 Å². The number of benzene rings is 1. The van der Waals surface area contributed by atoms with Crippen LogP contribution in [0.15, 0.2) is 33.5 Å². The zero-order chi connectivity index (χ0) is 16.8. The Morgan fingerprint density at radius 1 is 1.39 bits per heavy atom. The Kier molecular flexibility index (Phi) is 5.72. The fourth-order valence-corrected chi connectivity index (χ4v) is 2.15. The van der Waals surface area contributed by atoms with Gasteiger partial charge in [0.1, 0.15) is 5.58 Å². The Hall–Kier alpha value is -2.38. The van der Waals surface area contributed by atoms with Gasteiger partial charge in [-0.15, -0.1) is 0 Å². The summed E-state index contributed by atoms with van der Waals surface area (Å²) in [6.07, 6.45) is -1.04. The molecule has 0 radical (unpaired) electrons. The standard InChI is InChI=1S/C16H20N2O5/c1-3-22-16(21)18-12-4-5-13-11(9-17-8-10(2)19)6-15(20)23-14(13)7-12/h4-7,10,17,19H,3,8-9H2,1-2H3,(H,18,21)/t10-/m0/s1. The molecule has 7 nitrogen and oxygen atoms in total. The summed E-state index contributed by atoms with van der Waals surface area (Å²) >= 11 is 0. The molecule has 7 heteroatoms. The summed E-state index contributed by atoms with van der Waals surface area (Å²) in [5.74, 6) is 0. The van der Waals surface area contributed by atoms with Crippen LogP contribution in [-0.4, -0.2) is 30.5 Å². The van der Waals surface area contributed by atoms with Crippen LogP contribution in [0.3, 0.4) is 0 Å². The van der Waals surface area contributed by atoms with Crippen molar-refractivity contribution in [3.05, 3.63) is 40.2 Å². The molecule has 3 N–H and O–H groups in total. The van der Waals surface area contributed by atoms with E-state index in [0.717, 1.165) is 10.9 Å². The lowest BCUT2D eigenvalue weighted by Gasteiger charge is -2.10. The lowest BCUT2D eigenvalue weighted by Crippen LogP contribution is -2.24. The SMILES string of the molecule is CCOC(=O)Nc1ccc2c(CNC[C@H](C)O)cc(=O)oc2c1. The summed E-state index contributed by atoms with van der Waals surface area (Å²) in [4.78, 5) is 23.1. The molecule has 0 aliphatic rings. The van der Waals surface area contributed by atoms with Gasteiger partial charge in [-0.3, -0.25) is 5.32 Å². The average molecular weight is 320 g/mol. The zero-order valence-corrected chi connectivity index (χ0v) is 13.1. The smallest absolute Gasteiger partial charge is 0.411 e. The van der Waals surface area contributed by atoms with Gasteiger partial charge < -0.3 is 19.6 Å². The van der Waals surface area contributed by atoms with Crippen LogP contribution in [0.4, 0.5) is 10.5 Å². The maximum atomic E-state index is 11.7. The van der Waals surface area contributed by atoms with Gasteiger partial charge in [0.05, 0.1) is 12.7 Å². The van der Waals surface area contributed by atoms with E-state index in [2.05, 4.69) is 10.6 Å². The van der Waals surface area contributed by atoms with Gasteiger partial charge in [0.15, 0.2) is 0 Å². The predicted molar refractivity (Wildman–Crippen MR) is 86.5 cm³/mol. The van der Waals surface area contributed by atoms with E-state index >= 15 is 0 Å². The van der Waals surface area contributed by atoms with Crippen molar-refractivity contribution in [3.8, 4) is 0 Å². The normalized spacial score (nSPS) is 12.1. The Morgan fingerprint density at radius 2 is 2.17 bits per heavy atom. The molecule has 1 heterocycles. The summed E-state index contributed by atoms with van der Waals surface area (Å²) in [5, 5.41) is 15.7. The van der Waals surface area contributed by atoms with Crippen molar-refractivity contribution >= 4 is 22.7 Å². The highest BCUT2D eigenvalue weighted by molar-refractivity contribution is 5.89. The summed E-state index contributed by atoms with van der Waals surface area (Å²) < 4.78 is 9.99. The van der Waals surface area contributed by atoms with Crippen molar-refractivity contribution in [2.45, 2.75) is 26.5 Å². The summed E-state index contributed by atoms with van der Waals surface area (Å²) in [5.41, 5.74) is 1.15. The zero-order valence-electron chi connectivity index (χ0n) is 13.1. The number of hydrogen-bond acceptors (Lipinski definition) is 6. The van der Waals surface area contributed by atoms with Gasteiger partial charge in [-0.2, -0.15) is 0 Å². The van der Waals surface area contributed by atoms with Crippen LogP contribution in [0.1, 0.15) is 19.4 Å². The molecule has 0 spiro atoms. The van der Waals surface area contributed by atoms with Gasteiger partial charge in [-0.1, -0.05) is 0 Å². The fourth-order valence-electron chi connectivity index (χ4n) is 2.15. The predicted octanol–water partition coefficient (Wildman–Crippen LogP) is 1.83. The number of anilines is 1. The topological polar surface area (TPSA) is 101 Å². The molecule has 2 aromatic rings. The number of ether oxygens (including phenoxy) is 1. The van der Waals surface area contributed by atoms with Crippen LogP contribution in [0.25, 0.3) is 11.0 Å². The number of carbonyl (C=O) groups is 1. The van der Waals surface area contributed by atoms with Crippen molar-refractivity contribution in [2.75, 3.05) is 18.5 Å². The molecule has 0 aliphatic heterocycles. The molecule has 1 amide bonds. The van der Waals surface area contributed by atoms with Crippen LogP contribution in [-0.2, 0) is 11.3 Å². The van der Waals surface area contributed by atoms with E-state index in [1.54, 1.807) is 32.0 Å². The fraction of sp³-hybridized carbons (Fsp3) is 0.375. The lowest BCUT2D eigenvalue weighted by atomic mass is 10.1. The highest BCUT2D eigenvalue weighted by Crippen LogP contribution is 2.21. The molecule has 0 saturated carbocycles. The Labute approximate surface area is 133 Å². The number of amides is 1. The van der Waals surface area contributed by atoms with Crippen molar-refractivity contribution < 1.29 is 19.1 Å². The Morgan fingerprint density at radius 3 is 2.87 bits per heavy atom. The molecular formula is C16H20N2O5. The molecule has 1 aromatic carbocycles. The first-order chi connectivity index (χ1) is 11.0. The minimum Gasteiger partial charge on any atom is -0.450 e. The molecule has 0 saturated heterocycles. The molecule has 2 rings (SSSR count). The van der Waals surface area contributed by atoms with E-state index in [0.29, 0.717) is 24.4 Å². The molecule has 23 heavy (non-hydrogen) atoms. The number of rotatable bonds is 6. The van der Waals surface area contributed by atoms with Crippen molar-refractivity contribution in [3.63, 3.8) is 0 Å². The quantitative estimate of drug-likeness (QED) is 0.702. The third-order valence-electron chi connectivity index (χ3n) is 3.11. The number of hydrogen-bond donors (Lipinski definition) is 3. The molecule has 1 aromatic heterocycles. The van der Waals surface area contributed by atoms with Gasteiger partial charge in [-0.25, -0.2) is 9.59 Å². The van der Waals surface area contributed by atoms with Gasteiger partial charge >= 0.3 is 11.7 Å². The maximum Gasteiger partial charge on any atom is 0.411 e. The number of fused-ring (bicyclic) bond motifs is 1. The van der Waals surface area contributed by atoms with Crippen molar-refractivity contribution in [2.24, 2.45) is 0 Å². The largest absolute Gasteiger partial charge is 0.450 e. The van der Waals surface area contributed by atoms with E-state index in [4.69, 9.17) is 9.15 Å². The van der Waals surface area contributed by atoms with Gasteiger partial charge in [0, 0.05) is 36.3 Å². The van der Waals surface area contributed by atoms with Gasteiger partial charge in [0.2, 0.25) is 0 Å². The summed E-state index contributed by atoms with van der Waals surface area (Å²) in [6, 6.07) is 6.46. The Bertz CT molecular complexity index is 739. The summed E-state index contributed by atoms with van der Waals surface area (Å²) in [7, 11) is 0. The van der Waals surface area contributed by atoms with Crippen LogP contribution in [0, 0.1) is 0 Å². The highest BCUT2D eigenvalue weighted by atomic mass is 16.5. The highest BCUT2D eigenvalue weighted by Gasteiger charge is 2.09. The monoisotopic (exact) mass is 320 g/mol. The van der Waals surface area contributed by atoms with E-state index in [9.17, 15) is 14.7 Å². The first-order valence-corrected chi connectivity index (χ1v) is 7.39. The van der Waals surface area contributed by atoms with Crippen LogP contribution >= 0.6 is 0 Å². The van der Waals surface area contributed by atoms with E-state index in [-0.39, 0.29) is 6.61 Å². The number of carbonyl (C=O) groups excluding carboxylic acids is 1. The summed E-state index contributed by atoms with van der Waals surface area (Å²) in [6.45, 7) is 4.51. The number of aliphatic hydroxyl groups is 1. The molecule has 0 unspecified atom stereocenters. The number of aliphatic hydroxyl groups excluding tert-OH is 1. The molecule has 0 fully saturated rings. The molecule has 0 aliphatic carbocycles. The second-order valence-electron chi connectivity index (χ2n) is 5.13. The molecule has 1 atom stereocenters. The first-order valence-electron chi connectivity index (χ1n) is 7.39. The first kappa shape index (κ1) is 17.0. The van der Waals surface area contributed by atoms with E-state index < -0.39 is 17.8 Å². The minimum atomic E-state index is -0.566. The third-order valence-corrected chi connectivity index (χ3v) is 3.11. The van der Waals surface area contributed by atoms with E-state index in [1.165, 1.54) is 6.07 Å². The average Bonchev–Trinajstić information content (AvgIpc) is 2.46. The van der Waals surface area contributed by atoms with E-state index in [1.807, 2.05) is 0 Å². The second kappa shape index (κ2) is 7.75. The minimum absolute atomic E-state index is 0.271. The van der Waals surface area contributed by atoms with Crippen LogP contribution in [0.5, 0.6) is 0 Å². The van der Waals surface area contributed by atoms with Crippen LogP contribution < -0.4 is 16.3 Å². The molecule has 0 bridgehead atoms. The number of nitrogens with one attached hydrogen (secondary N) is 2. The maximum absolute atomic E-state index is 11.7. The van der Waals surface area contributed by atoms with Gasteiger partial charge in [-0.05, 0) is 31.5 Å². The molecular weight excluding hydrogens is 300 g/mol. The lowest BCUT2D eigenvalue weighted by molar-refractivity contribution is 0.168. The Balaban J connectivity index is 2.25. The van der Waals surface area contributed by atoms with Gasteiger partial charge in [0.25, 0.3) is 0 Å². The third kappa shape index (κ3) is 4.80. The molecule has 124 valence electrons.